The Morgan fingerprint density at radius 3 is 1.81 bits per heavy atom. The highest BCUT2D eigenvalue weighted by Gasteiger charge is 2.25. The minimum Gasteiger partial charge on any atom is -0.364 e. The molecule has 0 atom stereocenters. The summed E-state index contributed by atoms with van der Waals surface area (Å²) in [6.07, 6.45) is 6.20. The number of pyridine rings is 2. The van der Waals surface area contributed by atoms with Crippen LogP contribution in [0.5, 0.6) is 0 Å². The van der Waals surface area contributed by atoms with Gasteiger partial charge >= 0.3 is 0 Å². The fourth-order valence-corrected chi connectivity index (χ4v) is 6.17. The molecule has 5 aromatic rings. The number of aromatic nitrogens is 2. The van der Waals surface area contributed by atoms with Gasteiger partial charge in [-0.2, -0.15) is 0 Å². The Morgan fingerprint density at radius 1 is 0.667 bits per heavy atom. The van der Waals surface area contributed by atoms with Gasteiger partial charge in [-0.3, -0.25) is 14.9 Å². The molecule has 1 fully saturated rings. The lowest BCUT2D eigenvalue weighted by Gasteiger charge is -2.40. The van der Waals surface area contributed by atoms with E-state index in [1.807, 2.05) is 12.4 Å². The van der Waals surface area contributed by atoms with E-state index in [4.69, 9.17) is 4.98 Å². The summed E-state index contributed by atoms with van der Waals surface area (Å²) >= 11 is 0. The van der Waals surface area contributed by atoms with Crippen LogP contribution in [0, 0.1) is 20.8 Å². The van der Waals surface area contributed by atoms with Crippen LogP contribution < -0.4 is 4.90 Å². The van der Waals surface area contributed by atoms with Crippen LogP contribution in [-0.4, -0.2) is 34.0 Å². The minimum absolute atomic E-state index is 0.485. The fraction of sp³-hybridized carbons (Fsp3) is 0.263. The first-order chi connectivity index (χ1) is 20.5. The topological polar surface area (TPSA) is 32.3 Å². The largest absolute Gasteiger partial charge is 0.364 e. The number of piperidine rings is 1. The monoisotopic (exact) mass is 552 g/mol. The highest BCUT2D eigenvalue weighted by Crippen LogP contribution is 2.29. The summed E-state index contributed by atoms with van der Waals surface area (Å²) in [5.41, 5.74) is 12.3. The minimum atomic E-state index is 0.485. The maximum absolute atomic E-state index is 4.73. The van der Waals surface area contributed by atoms with Gasteiger partial charge in [0.1, 0.15) is 0 Å². The molecular weight excluding hydrogens is 512 g/mol. The quantitative estimate of drug-likeness (QED) is 0.193. The van der Waals surface area contributed by atoms with Crippen LogP contribution in [0.25, 0.3) is 22.5 Å². The first-order valence-corrected chi connectivity index (χ1v) is 15.1. The van der Waals surface area contributed by atoms with E-state index in [9.17, 15) is 0 Å². The molecule has 0 unspecified atom stereocenters. The molecule has 212 valence electrons. The van der Waals surface area contributed by atoms with E-state index in [1.54, 1.807) is 0 Å². The SMILES string of the molecule is Cc1ccc(N(Cc2ccnc(-c3ccccc3C)c2)C2CCN(Cc3ccnc(-c4ccccc4C)c3)CC2)cc1. The number of benzene rings is 3. The van der Waals surface area contributed by atoms with Crippen LogP contribution in [0.2, 0.25) is 0 Å². The molecule has 0 bridgehead atoms. The van der Waals surface area contributed by atoms with E-state index in [0.717, 1.165) is 50.4 Å². The lowest BCUT2D eigenvalue weighted by molar-refractivity contribution is 0.201. The number of rotatable bonds is 8. The van der Waals surface area contributed by atoms with Crippen LogP contribution >= 0.6 is 0 Å². The lowest BCUT2D eigenvalue weighted by atomic mass is 9.99. The normalized spacial score (nSPS) is 14.2. The number of aryl methyl sites for hydroxylation is 3. The van der Waals surface area contributed by atoms with E-state index in [0.29, 0.717) is 6.04 Å². The van der Waals surface area contributed by atoms with Crippen molar-refractivity contribution in [2.75, 3.05) is 18.0 Å². The Morgan fingerprint density at radius 2 is 1.21 bits per heavy atom. The van der Waals surface area contributed by atoms with Crippen LogP contribution in [0.3, 0.4) is 0 Å². The van der Waals surface area contributed by atoms with E-state index >= 15 is 0 Å². The maximum atomic E-state index is 4.73. The highest BCUT2D eigenvalue weighted by atomic mass is 15.2. The third kappa shape index (κ3) is 6.45. The summed E-state index contributed by atoms with van der Waals surface area (Å²) in [5, 5.41) is 0. The second-order valence-electron chi connectivity index (χ2n) is 11.7. The Balaban J connectivity index is 1.17. The van der Waals surface area contributed by atoms with Gasteiger partial charge in [-0.25, -0.2) is 0 Å². The molecule has 3 heterocycles. The van der Waals surface area contributed by atoms with E-state index < -0.39 is 0 Å². The third-order valence-corrected chi connectivity index (χ3v) is 8.61. The summed E-state index contributed by atoms with van der Waals surface area (Å²) in [7, 11) is 0. The van der Waals surface area contributed by atoms with E-state index in [1.165, 1.54) is 44.6 Å². The number of hydrogen-bond acceptors (Lipinski definition) is 4. The molecule has 2 aromatic heterocycles. The average molecular weight is 553 g/mol. The molecule has 0 saturated carbocycles. The molecule has 0 aliphatic carbocycles. The second-order valence-corrected chi connectivity index (χ2v) is 11.7. The Labute approximate surface area is 250 Å². The lowest BCUT2D eigenvalue weighted by Crippen LogP contribution is -2.44. The zero-order valence-electron chi connectivity index (χ0n) is 25.0. The summed E-state index contributed by atoms with van der Waals surface area (Å²) in [6, 6.07) is 35.4. The Bertz CT molecular complexity index is 1630. The van der Waals surface area contributed by atoms with Crippen molar-refractivity contribution < 1.29 is 0 Å². The van der Waals surface area contributed by atoms with Crippen LogP contribution in [-0.2, 0) is 13.1 Å². The van der Waals surface area contributed by atoms with Crippen molar-refractivity contribution >= 4 is 5.69 Å². The predicted octanol–water partition coefficient (Wildman–Crippen LogP) is 8.41. The van der Waals surface area contributed by atoms with Crippen LogP contribution in [0.4, 0.5) is 5.69 Å². The summed E-state index contributed by atoms with van der Waals surface area (Å²) in [6.45, 7) is 10.5. The average Bonchev–Trinajstić information content (AvgIpc) is 3.02. The molecule has 6 rings (SSSR count). The van der Waals surface area contributed by atoms with Gasteiger partial charge in [0.15, 0.2) is 0 Å². The predicted molar refractivity (Wildman–Crippen MR) is 174 cm³/mol. The van der Waals surface area contributed by atoms with Crippen molar-refractivity contribution in [3.05, 3.63) is 137 Å². The molecule has 0 N–H and O–H groups in total. The molecule has 0 spiro atoms. The molecular formula is C38H40N4. The number of nitrogens with zero attached hydrogens (tertiary/aromatic N) is 4. The smallest absolute Gasteiger partial charge is 0.0708 e. The van der Waals surface area contributed by atoms with Crippen LogP contribution in [0.1, 0.15) is 40.7 Å². The van der Waals surface area contributed by atoms with Crippen molar-refractivity contribution in [1.82, 2.24) is 14.9 Å². The first kappa shape index (κ1) is 27.9. The van der Waals surface area contributed by atoms with Crippen molar-refractivity contribution in [3.8, 4) is 22.5 Å². The standard InChI is InChI=1S/C38H40N4/c1-28-12-14-33(15-13-28)42(27-32-17-21-40-38(25-32)36-11-7-5-9-30(36)3)34-18-22-41(23-19-34)26-31-16-20-39-37(24-31)35-10-6-4-8-29(35)2/h4-17,20-21,24-25,34H,18-19,22-23,26-27H2,1-3H3. The molecule has 0 amide bonds. The van der Waals surface area contributed by atoms with Crippen molar-refractivity contribution in [2.24, 2.45) is 0 Å². The number of hydrogen-bond donors (Lipinski definition) is 0. The first-order valence-electron chi connectivity index (χ1n) is 15.1. The highest BCUT2D eigenvalue weighted by molar-refractivity contribution is 5.65. The van der Waals surface area contributed by atoms with Gasteiger partial charge in [-0.15, -0.1) is 0 Å². The number of likely N-dealkylation sites (tertiary alicyclic amines) is 1. The van der Waals surface area contributed by atoms with Crippen LogP contribution in [0.15, 0.2) is 109 Å². The van der Waals surface area contributed by atoms with Crippen molar-refractivity contribution in [3.63, 3.8) is 0 Å². The molecule has 0 radical (unpaired) electrons. The zero-order chi connectivity index (χ0) is 28.9. The van der Waals surface area contributed by atoms with Gasteiger partial charge in [-0.1, -0.05) is 66.2 Å². The summed E-state index contributed by atoms with van der Waals surface area (Å²) < 4.78 is 0. The third-order valence-electron chi connectivity index (χ3n) is 8.61. The Hall–Kier alpha value is -4.28. The summed E-state index contributed by atoms with van der Waals surface area (Å²) in [4.78, 5) is 14.6. The molecule has 1 aliphatic heterocycles. The van der Waals surface area contributed by atoms with Gasteiger partial charge in [0.25, 0.3) is 0 Å². The second kappa shape index (κ2) is 12.7. The van der Waals surface area contributed by atoms with E-state index in [2.05, 4.69) is 133 Å². The Kier molecular flexibility index (Phi) is 8.43. The molecule has 1 aliphatic rings. The molecule has 1 saturated heterocycles. The van der Waals surface area contributed by atoms with Gasteiger partial charge in [0, 0.05) is 61.4 Å². The maximum Gasteiger partial charge on any atom is 0.0708 e. The molecule has 3 aromatic carbocycles. The zero-order valence-corrected chi connectivity index (χ0v) is 25.0. The van der Waals surface area contributed by atoms with Gasteiger partial charge in [-0.05, 0) is 92.3 Å². The van der Waals surface area contributed by atoms with E-state index in [-0.39, 0.29) is 0 Å². The molecule has 4 heteroatoms. The van der Waals surface area contributed by atoms with Gasteiger partial charge < -0.3 is 4.90 Å². The van der Waals surface area contributed by atoms with Crippen molar-refractivity contribution in [1.29, 1.82) is 0 Å². The molecule has 42 heavy (non-hydrogen) atoms. The fourth-order valence-electron chi connectivity index (χ4n) is 6.17. The van der Waals surface area contributed by atoms with Crippen molar-refractivity contribution in [2.45, 2.75) is 52.7 Å². The number of anilines is 1. The van der Waals surface area contributed by atoms with Gasteiger partial charge in [0.2, 0.25) is 0 Å². The van der Waals surface area contributed by atoms with Gasteiger partial charge in [0.05, 0.1) is 11.4 Å². The molecule has 4 nitrogen and oxygen atoms in total. The summed E-state index contributed by atoms with van der Waals surface area (Å²) in [5.74, 6) is 0.